The summed E-state index contributed by atoms with van der Waals surface area (Å²) in [6.45, 7) is 1.88. The van der Waals surface area contributed by atoms with Crippen LogP contribution in [0, 0.1) is 11.6 Å². The maximum Gasteiger partial charge on any atom is 0.279 e. The first-order valence-corrected chi connectivity index (χ1v) is 8.92. The van der Waals surface area contributed by atoms with E-state index in [2.05, 4.69) is 10.6 Å². The van der Waals surface area contributed by atoms with Gasteiger partial charge in [-0.3, -0.25) is 9.59 Å². The lowest BCUT2D eigenvalue weighted by atomic mass is 10.1. The SMILES string of the molecule is C[C@@H]([NH2+]CC(=O)Nc1ccccc1C(=O)NC1CC1)c1ccc(F)c(F)c1. The standard InChI is InChI=1S/C20H21F2N3O2/c1-12(13-6-9-16(21)17(22)10-13)23-11-19(26)25-18-5-3-2-4-15(18)20(27)24-14-7-8-14/h2-6,9-10,12,14,23H,7-8,11H2,1H3,(H,24,27)(H,25,26)/p+1/t12-/m1/s1. The number of carbonyl (C=O) groups is 2. The molecule has 0 radical (unpaired) electrons. The van der Waals surface area contributed by atoms with Gasteiger partial charge in [0.05, 0.1) is 11.3 Å². The first-order valence-electron chi connectivity index (χ1n) is 8.92. The number of para-hydroxylation sites is 1. The molecule has 2 aromatic carbocycles. The van der Waals surface area contributed by atoms with Crippen molar-refractivity contribution in [1.29, 1.82) is 0 Å². The highest BCUT2D eigenvalue weighted by atomic mass is 19.2. The van der Waals surface area contributed by atoms with Crippen LogP contribution in [-0.2, 0) is 4.79 Å². The Bertz CT molecular complexity index is 853. The fourth-order valence-electron chi connectivity index (χ4n) is 2.70. The number of hydrogen-bond donors (Lipinski definition) is 3. The third kappa shape index (κ3) is 5.10. The molecule has 4 N–H and O–H groups in total. The number of nitrogens with one attached hydrogen (secondary N) is 2. The molecule has 0 aliphatic heterocycles. The van der Waals surface area contributed by atoms with Gasteiger partial charge in [0.15, 0.2) is 18.2 Å². The molecule has 5 nitrogen and oxygen atoms in total. The van der Waals surface area contributed by atoms with Crippen molar-refractivity contribution < 1.29 is 23.7 Å². The number of anilines is 1. The first-order chi connectivity index (χ1) is 12.9. The molecule has 142 valence electrons. The third-order valence-corrected chi connectivity index (χ3v) is 4.48. The van der Waals surface area contributed by atoms with E-state index in [4.69, 9.17) is 0 Å². The molecule has 1 fully saturated rings. The number of halogens is 2. The molecule has 0 heterocycles. The number of carbonyl (C=O) groups excluding carboxylic acids is 2. The van der Waals surface area contributed by atoms with E-state index in [1.54, 1.807) is 36.5 Å². The normalized spacial score (nSPS) is 14.5. The number of hydrogen-bond acceptors (Lipinski definition) is 2. The second-order valence-electron chi connectivity index (χ2n) is 6.74. The van der Waals surface area contributed by atoms with E-state index >= 15 is 0 Å². The van der Waals surface area contributed by atoms with Crippen LogP contribution in [0.25, 0.3) is 0 Å². The van der Waals surface area contributed by atoms with Crippen molar-refractivity contribution in [3.05, 3.63) is 65.2 Å². The molecular weight excluding hydrogens is 352 g/mol. The van der Waals surface area contributed by atoms with Crippen molar-refractivity contribution in [2.24, 2.45) is 0 Å². The fraction of sp³-hybridized carbons (Fsp3) is 0.300. The molecule has 7 heteroatoms. The van der Waals surface area contributed by atoms with E-state index in [-0.39, 0.29) is 30.4 Å². The van der Waals surface area contributed by atoms with Gasteiger partial charge in [0.2, 0.25) is 0 Å². The minimum atomic E-state index is -0.909. The summed E-state index contributed by atoms with van der Waals surface area (Å²) >= 11 is 0. The molecule has 2 amide bonds. The maximum absolute atomic E-state index is 13.3. The summed E-state index contributed by atoms with van der Waals surface area (Å²) in [4.78, 5) is 24.5. The largest absolute Gasteiger partial charge is 0.349 e. The van der Waals surface area contributed by atoms with Crippen LogP contribution in [0.15, 0.2) is 42.5 Å². The Balaban J connectivity index is 1.57. The van der Waals surface area contributed by atoms with Gasteiger partial charge in [0.25, 0.3) is 11.8 Å². The van der Waals surface area contributed by atoms with Gasteiger partial charge in [0.1, 0.15) is 6.04 Å². The predicted molar refractivity (Wildman–Crippen MR) is 97.1 cm³/mol. The zero-order chi connectivity index (χ0) is 19.4. The number of rotatable bonds is 7. The van der Waals surface area contributed by atoms with Crippen LogP contribution in [0.3, 0.4) is 0 Å². The Morgan fingerprint density at radius 2 is 1.89 bits per heavy atom. The molecule has 1 aliphatic carbocycles. The molecule has 0 aromatic heterocycles. The van der Waals surface area contributed by atoms with Crippen molar-refractivity contribution in [1.82, 2.24) is 5.32 Å². The molecule has 27 heavy (non-hydrogen) atoms. The summed E-state index contributed by atoms with van der Waals surface area (Å²) in [5.41, 5.74) is 1.46. The first kappa shape index (κ1) is 19.0. The Morgan fingerprint density at radius 1 is 1.15 bits per heavy atom. The smallest absolute Gasteiger partial charge is 0.279 e. The second-order valence-corrected chi connectivity index (χ2v) is 6.74. The van der Waals surface area contributed by atoms with Crippen LogP contribution in [0.2, 0.25) is 0 Å². The molecule has 1 atom stereocenters. The van der Waals surface area contributed by atoms with Gasteiger partial charge >= 0.3 is 0 Å². The van der Waals surface area contributed by atoms with Gasteiger partial charge < -0.3 is 16.0 Å². The van der Waals surface area contributed by atoms with Gasteiger partial charge in [-0.1, -0.05) is 12.1 Å². The van der Waals surface area contributed by atoms with E-state index in [9.17, 15) is 18.4 Å². The number of amides is 2. The van der Waals surface area contributed by atoms with E-state index < -0.39 is 11.6 Å². The minimum Gasteiger partial charge on any atom is -0.349 e. The lowest BCUT2D eigenvalue weighted by Gasteiger charge is -2.13. The van der Waals surface area contributed by atoms with Crippen molar-refractivity contribution in [3.63, 3.8) is 0 Å². The van der Waals surface area contributed by atoms with Gasteiger partial charge in [0, 0.05) is 11.6 Å². The Kier molecular flexibility index (Phi) is 5.81. The molecule has 0 spiro atoms. The molecule has 0 saturated heterocycles. The molecule has 2 aromatic rings. The van der Waals surface area contributed by atoms with Crippen LogP contribution in [0.1, 0.15) is 41.7 Å². The highest BCUT2D eigenvalue weighted by molar-refractivity contribution is 6.04. The fourth-order valence-corrected chi connectivity index (χ4v) is 2.70. The highest BCUT2D eigenvalue weighted by Crippen LogP contribution is 2.21. The minimum absolute atomic E-state index is 0.0821. The van der Waals surface area contributed by atoms with Crippen LogP contribution in [0.5, 0.6) is 0 Å². The zero-order valence-corrected chi connectivity index (χ0v) is 15.0. The molecular formula is C20H22F2N3O2+. The average Bonchev–Trinajstić information content (AvgIpc) is 3.46. The Hall–Kier alpha value is -2.80. The summed E-state index contributed by atoms with van der Waals surface area (Å²) in [7, 11) is 0. The predicted octanol–water partition coefficient (Wildman–Crippen LogP) is 2.12. The van der Waals surface area contributed by atoms with Gasteiger partial charge in [-0.15, -0.1) is 0 Å². The molecule has 0 bridgehead atoms. The summed E-state index contributed by atoms with van der Waals surface area (Å²) in [5, 5.41) is 7.37. The highest BCUT2D eigenvalue weighted by Gasteiger charge is 2.25. The van der Waals surface area contributed by atoms with Crippen LogP contribution < -0.4 is 16.0 Å². The topological polar surface area (TPSA) is 74.8 Å². The van der Waals surface area contributed by atoms with Gasteiger partial charge in [-0.2, -0.15) is 0 Å². The second kappa shape index (κ2) is 8.26. The zero-order valence-electron chi connectivity index (χ0n) is 15.0. The van der Waals surface area contributed by atoms with Crippen LogP contribution in [0.4, 0.5) is 14.5 Å². The van der Waals surface area contributed by atoms with Crippen molar-refractivity contribution in [2.75, 3.05) is 11.9 Å². The van der Waals surface area contributed by atoms with E-state index in [1.807, 2.05) is 0 Å². The Morgan fingerprint density at radius 3 is 2.59 bits per heavy atom. The Labute approximate surface area is 156 Å². The maximum atomic E-state index is 13.3. The summed E-state index contributed by atoms with van der Waals surface area (Å²) in [5.74, 6) is -2.29. The van der Waals surface area contributed by atoms with E-state index in [0.717, 1.165) is 25.0 Å². The molecule has 3 rings (SSSR count). The van der Waals surface area contributed by atoms with Crippen molar-refractivity contribution in [2.45, 2.75) is 31.8 Å². The van der Waals surface area contributed by atoms with Crippen LogP contribution in [-0.4, -0.2) is 24.4 Å². The van der Waals surface area contributed by atoms with Crippen molar-refractivity contribution in [3.8, 4) is 0 Å². The third-order valence-electron chi connectivity index (χ3n) is 4.48. The van der Waals surface area contributed by atoms with Crippen LogP contribution >= 0.6 is 0 Å². The van der Waals surface area contributed by atoms with E-state index in [0.29, 0.717) is 16.8 Å². The van der Waals surface area contributed by atoms with Crippen molar-refractivity contribution >= 4 is 17.5 Å². The lowest BCUT2D eigenvalue weighted by Crippen LogP contribution is -2.86. The van der Waals surface area contributed by atoms with Gasteiger partial charge in [-0.05, 0) is 50.1 Å². The number of quaternary nitrogens is 1. The lowest BCUT2D eigenvalue weighted by molar-refractivity contribution is -0.682. The molecule has 0 unspecified atom stereocenters. The average molecular weight is 374 g/mol. The number of nitrogens with two attached hydrogens (primary N) is 1. The van der Waals surface area contributed by atoms with E-state index in [1.165, 1.54) is 6.07 Å². The summed E-state index contributed by atoms with van der Waals surface area (Å²) < 4.78 is 26.4. The molecule has 1 aliphatic rings. The van der Waals surface area contributed by atoms with Gasteiger partial charge in [-0.25, -0.2) is 8.78 Å². The monoisotopic (exact) mass is 374 g/mol. The molecule has 1 saturated carbocycles. The quantitative estimate of drug-likeness (QED) is 0.695. The summed E-state index contributed by atoms with van der Waals surface area (Å²) in [6.07, 6.45) is 1.97. The summed E-state index contributed by atoms with van der Waals surface area (Å²) in [6, 6.07) is 10.5. The number of benzene rings is 2.